The number of nitrogens with one attached hydrogen (secondary N) is 1. The fraction of sp³-hybridized carbons (Fsp3) is 0.214. The average Bonchev–Trinajstić information content (AvgIpc) is 2.37. The molecule has 1 heterocycles. The molecule has 0 amide bonds. The number of nitrogens with zero attached hydrogens (tertiary/aromatic N) is 1. The number of aryl methyl sites for hydroxylation is 1. The Bertz CT molecular complexity index is 730. The van der Waals surface area contributed by atoms with Crippen LogP contribution in [0.3, 0.4) is 0 Å². The normalized spacial score (nSPS) is 10.6. The maximum absolute atomic E-state index is 13.6. The first-order valence-electron chi connectivity index (χ1n) is 6.31. The number of carboxylic acids is 1. The third-order valence-electron chi connectivity index (χ3n) is 2.68. The van der Waals surface area contributed by atoms with Gasteiger partial charge in [0, 0.05) is 16.7 Å². The fourth-order valence-electron chi connectivity index (χ4n) is 1.82. The van der Waals surface area contributed by atoms with Crippen molar-refractivity contribution in [2.45, 2.75) is 29.8 Å². The molecule has 2 aromatic rings. The lowest BCUT2D eigenvalue weighted by molar-refractivity contribution is 0.0688. The van der Waals surface area contributed by atoms with Crippen LogP contribution in [0.2, 0.25) is 0 Å². The number of aromatic carboxylic acids is 1. The Morgan fingerprint density at radius 3 is 2.90 bits per heavy atom. The molecule has 5 nitrogen and oxygen atoms in total. The highest BCUT2D eigenvalue weighted by Gasteiger charge is 2.17. The topological polar surface area (TPSA) is 83.0 Å². The molecule has 7 heteroatoms. The van der Waals surface area contributed by atoms with Crippen LogP contribution in [0.4, 0.5) is 4.39 Å². The summed E-state index contributed by atoms with van der Waals surface area (Å²) in [6.45, 7) is 1.96. The highest BCUT2D eigenvalue weighted by Crippen LogP contribution is 2.29. The number of benzene rings is 1. The van der Waals surface area contributed by atoms with Gasteiger partial charge in [0.05, 0.1) is 0 Å². The molecule has 2 rings (SSSR count). The van der Waals surface area contributed by atoms with E-state index in [2.05, 4.69) is 9.97 Å². The maximum atomic E-state index is 13.6. The number of carboxylic acid groups (broad SMARTS) is 1. The second-order valence-electron chi connectivity index (χ2n) is 4.31. The van der Waals surface area contributed by atoms with Gasteiger partial charge in [-0.1, -0.05) is 31.2 Å². The highest BCUT2D eigenvalue weighted by molar-refractivity contribution is 7.99. The first-order chi connectivity index (χ1) is 10.0. The van der Waals surface area contributed by atoms with Gasteiger partial charge in [0.2, 0.25) is 0 Å². The summed E-state index contributed by atoms with van der Waals surface area (Å²) in [5.41, 5.74) is -0.118. The zero-order chi connectivity index (χ0) is 15.4. The van der Waals surface area contributed by atoms with Gasteiger partial charge < -0.3 is 10.1 Å². The van der Waals surface area contributed by atoms with Crippen LogP contribution < -0.4 is 5.56 Å². The number of carbonyl (C=O) groups is 1. The smallest absolute Gasteiger partial charge is 0.339 e. The molecule has 0 fully saturated rings. The molecule has 0 saturated carbocycles. The standard InChI is InChI=1S/C14H13FN2O3S/c1-2-4-8-7-11(18)17-14(16-8)21-10-6-3-5-9(15)12(10)13(19)20/h3,5-7H,2,4H2,1H3,(H,19,20)(H,16,17,18). The van der Waals surface area contributed by atoms with Crippen LogP contribution >= 0.6 is 11.8 Å². The van der Waals surface area contributed by atoms with Gasteiger partial charge in [-0.3, -0.25) is 4.79 Å². The van der Waals surface area contributed by atoms with Gasteiger partial charge in [0.1, 0.15) is 11.4 Å². The molecule has 0 aliphatic rings. The number of H-pyrrole nitrogens is 1. The van der Waals surface area contributed by atoms with Crippen LogP contribution in [0.5, 0.6) is 0 Å². The molecule has 2 N–H and O–H groups in total. The minimum absolute atomic E-state index is 0.194. The third kappa shape index (κ3) is 3.69. The van der Waals surface area contributed by atoms with Gasteiger partial charge in [-0.25, -0.2) is 14.2 Å². The van der Waals surface area contributed by atoms with Crippen molar-refractivity contribution in [3.05, 3.63) is 51.7 Å². The maximum Gasteiger partial charge on any atom is 0.339 e. The van der Waals surface area contributed by atoms with Crippen LogP contribution in [0.15, 0.2) is 39.1 Å². The van der Waals surface area contributed by atoms with Crippen molar-refractivity contribution in [3.63, 3.8) is 0 Å². The van der Waals surface area contributed by atoms with E-state index in [9.17, 15) is 14.0 Å². The summed E-state index contributed by atoms with van der Waals surface area (Å²) in [6.07, 6.45) is 1.48. The second-order valence-corrected chi connectivity index (χ2v) is 5.34. The number of aromatic amines is 1. The van der Waals surface area contributed by atoms with Crippen molar-refractivity contribution in [2.24, 2.45) is 0 Å². The van der Waals surface area contributed by atoms with E-state index in [1.54, 1.807) is 0 Å². The molecule has 0 bridgehead atoms. The summed E-state index contributed by atoms with van der Waals surface area (Å²) in [6, 6.07) is 5.37. The van der Waals surface area contributed by atoms with E-state index in [0.29, 0.717) is 12.1 Å². The van der Waals surface area contributed by atoms with E-state index in [-0.39, 0.29) is 15.6 Å². The van der Waals surface area contributed by atoms with E-state index in [0.717, 1.165) is 24.2 Å². The van der Waals surface area contributed by atoms with E-state index in [4.69, 9.17) is 5.11 Å². The van der Waals surface area contributed by atoms with Crippen molar-refractivity contribution in [3.8, 4) is 0 Å². The molecule has 110 valence electrons. The summed E-state index contributed by atoms with van der Waals surface area (Å²) in [5.74, 6) is -2.18. The Hall–Kier alpha value is -2.15. The molecular weight excluding hydrogens is 295 g/mol. The summed E-state index contributed by atoms with van der Waals surface area (Å²) in [4.78, 5) is 29.6. The predicted molar refractivity (Wildman–Crippen MR) is 76.3 cm³/mol. The van der Waals surface area contributed by atoms with Crippen LogP contribution in [0.1, 0.15) is 29.4 Å². The minimum Gasteiger partial charge on any atom is -0.478 e. The second kappa shape index (κ2) is 6.53. The Balaban J connectivity index is 2.41. The Kier molecular flexibility index (Phi) is 4.74. The summed E-state index contributed by atoms with van der Waals surface area (Å²) in [5, 5.41) is 9.32. The molecule has 0 spiro atoms. The molecule has 0 aliphatic heterocycles. The molecule has 0 radical (unpaired) electrons. The number of aromatic nitrogens is 2. The molecule has 1 aromatic carbocycles. The first-order valence-corrected chi connectivity index (χ1v) is 7.12. The van der Waals surface area contributed by atoms with Crippen LogP contribution in [-0.2, 0) is 6.42 Å². The quantitative estimate of drug-likeness (QED) is 0.830. The lowest BCUT2D eigenvalue weighted by Gasteiger charge is -2.07. The number of halogens is 1. The van der Waals surface area contributed by atoms with Gasteiger partial charge in [-0.2, -0.15) is 0 Å². The van der Waals surface area contributed by atoms with Crippen LogP contribution in [0.25, 0.3) is 0 Å². The van der Waals surface area contributed by atoms with Gasteiger partial charge >= 0.3 is 5.97 Å². The summed E-state index contributed by atoms with van der Waals surface area (Å²) in [7, 11) is 0. The van der Waals surface area contributed by atoms with Gasteiger partial charge in [0.15, 0.2) is 5.16 Å². The number of hydrogen-bond donors (Lipinski definition) is 2. The molecule has 0 saturated heterocycles. The minimum atomic E-state index is -1.36. The molecule has 0 unspecified atom stereocenters. The SMILES string of the molecule is CCCc1cc(=O)[nH]c(Sc2cccc(F)c2C(=O)O)n1. The molecular formula is C14H13FN2O3S. The highest BCUT2D eigenvalue weighted by atomic mass is 32.2. The molecule has 1 aromatic heterocycles. The lowest BCUT2D eigenvalue weighted by Crippen LogP contribution is -2.10. The lowest BCUT2D eigenvalue weighted by atomic mass is 10.2. The Labute approximate surface area is 124 Å². The summed E-state index contributed by atoms with van der Waals surface area (Å²) >= 11 is 0.923. The largest absolute Gasteiger partial charge is 0.478 e. The third-order valence-corrected chi connectivity index (χ3v) is 3.62. The monoisotopic (exact) mass is 308 g/mol. The van der Waals surface area contributed by atoms with Crippen molar-refractivity contribution >= 4 is 17.7 Å². The zero-order valence-electron chi connectivity index (χ0n) is 11.2. The molecule has 0 atom stereocenters. The Morgan fingerprint density at radius 2 is 2.24 bits per heavy atom. The molecule has 21 heavy (non-hydrogen) atoms. The van der Waals surface area contributed by atoms with E-state index in [1.165, 1.54) is 18.2 Å². The predicted octanol–water partition coefficient (Wildman–Crippen LogP) is 2.71. The van der Waals surface area contributed by atoms with Gasteiger partial charge in [0.25, 0.3) is 5.56 Å². The van der Waals surface area contributed by atoms with Crippen LogP contribution in [0, 0.1) is 5.82 Å². The van der Waals surface area contributed by atoms with Crippen molar-refractivity contribution < 1.29 is 14.3 Å². The number of rotatable bonds is 5. The fourth-order valence-corrected chi connectivity index (χ4v) is 2.77. The van der Waals surface area contributed by atoms with E-state index < -0.39 is 17.3 Å². The van der Waals surface area contributed by atoms with Gasteiger partial charge in [-0.05, 0) is 18.6 Å². The van der Waals surface area contributed by atoms with Crippen molar-refractivity contribution in [2.75, 3.05) is 0 Å². The van der Waals surface area contributed by atoms with Crippen molar-refractivity contribution in [1.29, 1.82) is 0 Å². The van der Waals surface area contributed by atoms with Crippen LogP contribution in [-0.4, -0.2) is 21.0 Å². The molecule has 0 aliphatic carbocycles. The van der Waals surface area contributed by atoms with E-state index in [1.807, 2.05) is 6.92 Å². The van der Waals surface area contributed by atoms with Gasteiger partial charge in [-0.15, -0.1) is 0 Å². The zero-order valence-corrected chi connectivity index (χ0v) is 12.0. The first kappa shape index (κ1) is 15.2. The van der Waals surface area contributed by atoms with Crippen molar-refractivity contribution in [1.82, 2.24) is 9.97 Å². The Morgan fingerprint density at radius 1 is 1.48 bits per heavy atom. The summed E-state index contributed by atoms with van der Waals surface area (Å²) < 4.78 is 13.6. The average molecular weight is 308 g/mol. The number of hydrogen-bond acceptors (Lipinski definition) is 4. The van der Waals surface area contributed by atoms with E-state index >= 15 is 0 Å².